The monoisotopic (exact) mass is 228 g/mol. The van der Waals surface area contributed by atoms with Crippen molar-refractivity contribution in [2.24, 2.45) is 5.92 Å². The van der Waals surface area contributed by atoms with Gasteiger partial charge in [0.15, 0.2) is 0 Å². The second-order valence-corrected chi connectivity index (χ2v) is 3.06. The van der Waals surface area contributed by atoms with Gasteiger partial charge in [0.2, 0.25) is 0 Å². The van der Waals surface area contributed by atoms with Gasteiger partial charge in [-0.1, -0.05) is 12.7 Å². The first-order valence-electron chi connectivity index (χ1n) is 4.90. The normalized spacial score (nSPS) is 12.4. The molecule has 1 atom stereocenters. The Morgan fingerprint density at radius 1 is 1.50 bits per heavy atom. The predicted molar refractivity (Wildman–Crippen MR) is 57.7 cm³/mol. The van der Waals surface area contributed by atoms with Gasteiger partial charge in [0.1, 0.15) is 0 Å². The van der Waals surface area contributed by atoms with Crippen molar-refractivity contribution >= 4 is 11.9 Å². The first-order chi connectivity index (χ1) is 7.52. The molecule has 2 N–H and O–H groups in total. The van der Waals surface area contributed by atoms with Crippen LogP contribution in [0.2, 0.25) is 0 Å². The summed E-state index contributed by atoms with van der Waals surface area (Å²) < 4.78 is 4.74. The SMILES string of the molecule is C=C(C(=O)OCC)C(C=CC(=O)O)CCO. The van der Waals surface area contributed by atoms with E-state index in [0.29, 0.717) is 0 Å². The Bertz CT molecular complexity index is 293. The number of carboxylic acids is 1. The fourth-order valence-corrected chi connectivity index (χ4v) is 1.10. The van der Waals surface area contributed by atoms with Gasteiger partial charge in [-0.2, -0.15) is 0 Å². The number of hydrogen-bond donors (Lipinski definition) is 2. The average Bonchev–Trinajstić information content (AvgIpc) is 2.23. The number of carbonyl (C=O) groups is 2. The lowest BCUT2D eigenvalue weighted by atomic mass is 9.96. The molecule has 0 fully saturated rings. The van der Waals surface area contributed by atoms with E-state index in [-0.39, 0.29) is 25.2 Å². The third-order valence-electron chi connectivity index (χ3n) is 1.90. The average molecular weight is 228 g/mol. The van der Waals surface area contributed by atoms with Gasteiger partial charge in [0, 0.05) is 24.2 Å². The van der Waals surface area contributed by atoms with Gasteiger partial charge in [0.05, 0.1) is 6.61 Å². The molecule has 0 aromatic rings. The third kappa shape index (κ3) is 5.31. The Morgan fingerprint density at radius 3 is 2.56 bits per heavy atom. The zero-order valence-corrected chi connectivity index (χ0v) is 9.18. The molecule has 0 spiro atoms. The molecule has 1 unspecified atom stereocenters. The maximum Gasteiger partial charge on any atom is 0.333 e. The molecule has 5 heteroatoms. The lowest BCUT2D eigenvalue weighted by Crippen LogP contribution is -2.15. The van der Waals surface area contributed by atoms with Crippen LogP contribution in [0.5, 0.6) is 0 Å². The summed E-state index contributed by atoms with van der Waals surface area (Å²) >= 11 is 0. The van der Waals surface area contributed by atoms with E-state index in [4.69, 9.17) is 14.9 Å². The summed E-state index contributed by atoms with van der Waals surface area (Å²) in [6, 6.07) is 0. The van der Waals surface area contributed by atoms with Crippen LogP contribution in [0.3, 0.4) is 0 Å². The highest BCUT2D eigenvalue weighted by Gasteiger charge is 2.17. The third-order valence-corrected chi connectivity index (χ3v) is 1.90. The Labute approximate surface area is 94.0 Å². The topological polar surface area (TPSA) is 83.8 Å². The van der Waals surface area contributed by atoms with Gasteiger partial charge < -0.3 is 14.9 Å². The van der Waals surface area contributed by atoms with Crippen molar-refractivity contribution in [1.82, 2.24) is 0 Å². The van der Waals surface area contributed by atoms with Crippen molar-refractivity contribution < 1.29 is 24.5 Å². The van der Waals surface area contributed by atoms with Gasteiger partial charge in [0.25, 0.3) is 0 Å². The number of esters is 1. The summed E-state index contributed by atoms with van der Waals surface area (Å²) in [5.74, 6) is -2.20. The minimum Gasteiger partial charge on any atom is -0.478 e. The lowest BCUT2D eigenvalue weighted by Gasteiger charge is -2.13. The number of carboxylic acid groups (broad SMARTS) is 1. The predicted octanol–water partition coefficient (Wildman–Crippen LogP) is 0.745. The van der Waals surface area contributed by atoms with Crippen molar-refractivity contribution in [2.45, 2.75) is 13.3 Å². The molecule has 0 aliphatic heterocycles. The number of aliphatic hydroxyl groups excluding tert-OH is 1. The summed E-state index contributed by atoms with van der Waals surface area (Å²) in [4.78, 5) is 21.7. The zero-order chi connectivity index (χ0) is 12.6. The van der Waals surface area contributed by atoms with E-state index in [0.717, 1.165) is 6.08 Å². The van der Waals surface area contributed by atoms with E-state index >= 15 is 0 Å². The van der Waals surface area contributed by atoms with Crippen LogP contribution < -0.4 is 0 Å². The molecule has 0 aromatic heterocycles. The van der Waals surface area contributed by atoms with E-state index in [9.17, 15) is 9.59 Å². The Morgan fingerprint density at radius 2 is 2.12 bits per heavy atom. The lowest BCUT2D eigenvalue weighted by molar-refractivity contribution is -0.139. The summed E-state index contributed by atoms with van der Waals surface area (Å²) in [7, 11) is 0. The molecular formula is C11H16O5. The Balaban J connectivity index is 4.57. The summed E-state index contributed by atoms with van der Waals surface area (Å²) in [5.41, 5.74) is 0.147. The number of hydrogen-bond acceptors (Lipinski definition) is 4. The van der Waals surface area contributed by atoms with E-state index < -0.39 is 17.9 Å². The number of rotatable bonds is 7. The van der Waals surface area contributed by atoms with Crippen LogP contribution in [-0.2, 0) is 14.3 Å². The molecule has 5 nitrogen and oxygen atoms in total. The standard InChI is InChI=1S/C11H16O5/c1-3-16-11(15)8(2)9(6-7-12)4-5-10(13)14/h4-5,9,12H,2-3,6-7H2,1H3,(H,13,14). The van der Waals surface area contributed by atoms with E-state index in [1.54, 1.807) is 6.92 Å². The molecule has 90 valence electrons. The summed E-state index contributed by atoms with van der Waals surface area (Å²) in [5, 5.41) is 17.2. The quantitative estimate of drug-likeness (QED) is 0.496. The summed E-state index contributed by atoms with van der Waals surface area (Å²) in [6.45, 7) is 5.28. The van der Waals surface area contributed by atoms with Gasteiger partial charge in [-0.15, -0.1) is 0 Å². The van der Waals surface area contributed by atoms with E-state index in [1.807, 2.05) is 0 Å². The molecule has 0 radical (unpaired) electrons. The van der Waals surface area contributed by atoms with Crippen molar-refractivity contribution in [3.05, 3.63) is 24.3 Å². The zero-order valence-electron chi connectivity index (χ0n) is 9.18. The van der Waals surface area contributed by atoms with Gasteiger partial charge in [-0.05, 0) is 13.3 Å². The van der Waals surface area contributed by atoms with Crippen LogP contribution in [-0.4, -0.2) is 35.4 Å². The van der Waals surface area contributed by atoms with Crippen molar-refractivity contribution in [3.63, 3.8) is 0 Å². The van der Waals surface area contributed by atoms with Crippen LogP contribution >= 0.6 is 0 Å². The number of aliphatic hydroxyl groups is 1. The molecule has 0 aliphatic rings. The second kappa shape index (κ2) is 7.64. The highest BCUT2D eigenvalue weighted by molar-refractivity contribution is 5.89. The number of ether oxygens (including phenoxy) is 1. The van der Waals surface area contributed by atoms with E-state index in [1.165, 1.54) is 6.08 Å². The molecule has 0 heterocycles. The molecule has 0 saturated carbocycles. The molecule has 0 aromatic carbocycles. The molecule has 0 rings (SSSR count). The van der Waals surface area contributed by atoms with Crippen LogP contribution in [0.1, 0.15) is 13.3 Å². The number of aliphatic carboxylic acids is 1. The molecule has 0 aliphatic carbocycles. The highest BCUT2D eigenvalue weighted by Crippen LogP contribution is 2.16. The van der Waals surface area contributed by atoms with Gasteiger partial charge in [-0.3, -0.25) is 0 Å². The molecular weight excluding hydrogens is 212 g/mol. The molecule has 0 amide bonds. The largest absolute Gasteiger partial charge is 0.478 e. The Hall–Kier alpha value is -1.62. The van der Waals surface area contributed by atoms with Crippen molar-refractivity contribution in [2.75, 3.05) is 13.2 Å². The smallest absolute Gasteiger partial charge is 0.333 e. The maximum absolute atomic E-state index is 11.3. The van der Waals surface area contributed by atoms with Crippen molar-refractivity contribution in [3.8, 4) is 0 Å². The first kappa shape index (κ1) is 14.4. The van der Waals surface area contributed by atoms with Crippen LogP contribution in [0, 0.1) is 5.92 Å². The number of carbonyl (C=O) groups excluding carboxylic acids is 1. The van der Waals surface area contributed by atoms with Gasteiger partial charge >= 0.3 is 11.9 Å². The molecule has 16 heavy (non-hydrogen) atoms. The van der Waals surface area contributed by atoms with Crippen molar-refractivity contribution in [1.29, 1.82) is 0 Å². The minimum atomic E-state index is -1.11. The fourth-order valence-electron chi connectivity index (χ4n) is 1.10. The van der Waals surface area contributed by atoms with E-state index in [2.05, 4.69) is 6.58 Å². The Kier molecular flexibility index (Phi) is 6.87. The second-order valence-electron chi connectivity index (χ2n) is 3.06. The first-order valence-corrected chi connectivity index (χ1v) is 4.90. The number of allylic oxidation sites excluding steroid dienone is 1. The van der Waals surface area contributed by atoms with Crippen LogP contribution in [0.4, 0.5) is 0 Å². The maximum atomic E-state index is 11.3. The molecule has 0 saturated heterocycles. The fraction of sp³-hybridized carbons (Fsp3) is 0.455. The minimum absolute atomic E-state index is 0.147. The van der Waals surface area contributed by atoms with Crippen LogP contribution in [0.25, 0.3) is 0 Å². The highest BCUT2D eigenvalue weighted by atomic mass is 16.5. The van der Waals surface area contributed by atoms with Crippen LogP contribution in [0.15, 0.2) is 24.3 Å². The summed E-state index contributed by atoms with van der Waals surface area (Å²) in [6.07, 6.45) is 2.48. The van der Waals surface area contributed by atoms with Gasteiger partial charge in [-0.25, -0.2) is 9.59 Å². The molecule has 0 bridgehead atoms.